The van der Waals surface area contributed by atoms with Gasteiger partial charge in [-0.15, -0.1) is 10.2 Å². The average molecular weight is 330 g/mol. The number of pyridine rings is 1. The van der Waals surface area contributed by atoms with Crippen LogP contribution in [0.3, 0.4) is 0 Å². The summed E-state index contributed by atoms with van der Waals surface area (Å²) >= 11 is 1.41. The van der Waals surface area contributed by atoms with E-state index in [1.807, 2.05) is 17.0 Å². The average Bonchev–Trinajstić information content (AvgIpc) is 3.24. The predicted octanol–water partition coefficient (Wildman–Crippen LogP) is 2.79. The second-order valence-electron chi connectivity index (χ2n) is 5.16. The first-order valence-electron chi connectivity index (χ1n) is 7.60. The van der Waals surface area contributed by atoms with Gasteiger partial charge < -0.3 is 9.32 Å². The van der Waals surface area contributed by atoms with Crippen LogP contribution in [-0.2, 0) is 4.79 Å². The van der Waals surface area contributed by atoms with Crippen LogP contribution >= 0.6 is 11.8 Å². The molecule has 0 radical (unpaired) electrons. The molecule has 6 nitrogen and oxygen atoms in total. The second kappa shape index (κ2) is 7.41. The lowest BCUT2D eigenvalue weighted by atomic mass is 10.2. The van der Waals surface area contributed by atoms with Crippen LogP contribution in [0.5, 0.6) is 0 Å². The Labute approximate surface area is 139 Å². The number of nitrogens with zero attached hydrogens (tertiary/aromatic N) is 4. The summed E-state index contributed by atoms with van der Waals surface area (Å²) in [5.74, 6) is 1.27. The third-order valence-electron chi connectivity index (χ3n) is 3.67. The summed E-state index contributed by atoms with van der Waals surface area (Å²) < 4.78 is 5.59. The van der Waals surface area contributed by atoms with Crippen LogP contribution in [0.2, 0.25) is 0 Å². The van der Waals surface area contributed by atoms with Gasteiger partial charge in [-0.3, -0.25) is 9.78 Å². The first-order chi connectivity index (χ1) is 11.3. The molecule has 3 rings (SSSR count). The Morgan fingerprint density at radius 2 is 2.22 bits per heavy atom. The lowest BCUT2D eigenvalue weighted by Gasteiger charge is -2.23. The van der Waals surface area contributed by atoms with Crippen LogP contribution in [0.15, 0.2) is 46.3 Å². The molecule has 0 saturated heterocycles. The summed E-state index contributed by atoms with van der Waals surface area (Å²) in [5.41, 5.74) is 0.837. The number of aromatic nitrogens is 3. The summed E-state index contributed by atoms with van der Waals surface area (Å²) in [6.07, 6.45) is 8.94. The van der Waals surface area contributed by atoms with Gasteiger partial charge in [0.25, 0.3) is 5.22 Å². The van der Waals surface area contributed by atoms with Crippen molar-refractivity contribution in [3.8, 4) is 11.5 Å². The minimum atomic E-state index is 0.170. The second-order valence-corrected chi connectivity index (χ2v) is 6.20. The van der Waals surface area contributed by atoms with E-state index >= 15 is 0 Å². The van der Waals surface area contributed by atoms with Crippen molar-refractivity contribution in [3.05, 3.63) is 36.7 Å². The Hall–Kier alpha value is -2.15. The molecule has 1 amide bonds. The summed E-state index contributed by atoms with van der Waals surface area (Å²) in [4.78, 5) is 18.1. The predicted molar refractivity (Wildman–Crippen MR) is 87.8 cm³/mol. The Balaban J connectivity index is 1.50. The number of hydrogen-bond acceptors (Lipinski definition) is 6. The van der Waals surface area contributed by atoms with Crippen LogP contribution in [0.25, 0.3) is 11.5 Å². The zero-order valence-electron chi connectivity index (χ0n) is 12.9. The van der Waals surface area contributed by atoms with E-state index in [0.717, 1.165) is 18.5 Å². The molecule has 2 aromatic heterocycles. The number of carbonyl (C=O) groups excluding carboxylic acids is 1. The van der Waals surface area contributed by atoms with Gasteiger partial charge in [-0.05, 0) is 18.6 Å². The molecule has 120 valence electrons. The topological polar surface area (TPSA) is 72.1 Å². The SMILES string of the molecule is CCC1C=CCN1C(=O)CCSc1nnc(-c2ccncc2)o1. The molecular weight excluding hydrogens is 312 g/mol. The van der Waals surface area contributed by atoms with Crippen molar-refractivity contribution in [1.82, 2.24) is 20.1 Å². The van der Waals surface area contributed by atoms with E-state index < -0.39 is 0 Å². The summed E-state index contributed by atoms with van der Waals surface area (Å²) in [7, 11) is 0. The Kier molecular flexibility index (Phi) is 5.07. The van der Waals surface area contributed by atoms with Gasteiger partial charge in [-0.1, -0.05) is 30.8 Å². The molecule has 0 aromatic carbocycles. The fourth-order valence-electron chi connectivity index (χ4n) is 2.46. The van der Waals surface area contributed by atoms with E-state index in [-0.39, 0.29) is 11.9 Å². The number of hydrogen-bond donors (Lipinski definition) is 0. The van der Waals surface area contributed by atoms with Crippen LogP contribution in [0.1, 0.15) is 19.8 Å². The van der Waals surface area contributed by atoms with Crippen molar-refractivity contribution in [2.45, 2.75) is 31.0 Å². The zero-order valence-corrected chi connectivity index (χ0v) is 13.7. The molecule has 1 aliphatic heterocycles. The minimum Gasteiger partial charge on any atom is -0.411 e. The number of amides is 1. The molecule has 0 bridgehead atoms. The number of rotatable bonds is 6. The van der Waals surface area contributed by atoms with Gasteiger partial charge in [0.2, 0.25) is 11.8 Å². The van der Waals surface area contributed by atoms with E-state index in [1.54, 1.807) is 12.4 Å². The molecule has 1 aliphatic rings. The van der Waals surface area contributed by atoms with Crippen molar-refractivity contribution in [2.75, 3.05) is 12.3 Å². The molecule has 0 N–H and O–H groups in total. The van der Waals surface area contributed by atoms with Crippen molar-refractivity contribution < 1.29 is 9.21 Å². The summed E-state index contributed by atoms with van der Waals surface area (Å²) in [5, 5.41) is 8.51. The van der Waals surface area contributed by atoms with Gasteiger partial charge in [-0.2, -0.15) is 0 Å². The van der Waals surface area contributed by atoms with Gasteiger partial charge in [-0.25, -0.2) is 0 Å². The molecular formula is C16H18N4O2S. The van der Waals surface area contributed by atoms with Gasteiger partial charge in [0, 0.05) is 36.7 Å². The lowest BCUT2D eigenvalue weighted by Crippen LogP contribution is -2.35. The van der Waals surface area contributed by atoms with E-state index in [9.17, 15) is 4.79 Å². The van der Waals surface area contributed by atoms with E-state index in [1.165, 1.54) is 11.8 Å². The smallest absolute Gasteiger partial charge is 0.276 e. The molecule has 0 fully saturated rings. The summed E-state index contributed by atoms with van der Waals surface area (Å²) in [6.45, 7) is 2.81. The fourth-order valence-corrected chi connectivity index (χ4v) is 3.15. The van der Waals surface area contributed by atoms with Crippen molar-refractivity contribution >= 4 is 17.7 Å². The first-order valence-corrected chi connectivity index (χ1v) is 8.59. The molecule has 0 saturated carbocycles. The summed E-state index contributed by atoms with van der Waals surface area (Å²) in [6, 6.07) is 3.88. The highest BCUT2D eigenvalue weighted by atomic mass is 32.2. The standard InChI is InChI=1S/C16H18N4O2S/c1-2-13-4-3-10-20(13)14(21)7-11-23-16-19-18-15(22-16)12-5-8-17-9-6-12/h3-6,8-9,13H,2,7,10-11H2,1H3. The Bertz CT molecular complexity index is 686. The van der Waals surface area contributed by atoms with Crippen LogP contribution < -0.4 is 0 Å². The molecule has 0 aliphatic carbocycles. The Morgan fingerprint density at radius 3 is 3.00 bits per heavy atom. The highest BCUT2D eigenvalue weighted by molar-refractivity contribution is 7.99. The van der Waals surface area contributed by atoms with Gasteiger partial charge in [0.05, 0.1) is 6.04 Å². The van der Waals surface area contributed by atoms with E-state index in [2.05, 4.69) is 34.3 Å². The molecule has 0 spiro atoms. The van der Waals surface area contributed by atoms with Crippen LogP contribution in [0, 0.1) is 0 Å². The Morgan fingerprint density at radius 1 is 1.39 bits per heavy atom. The molecule has 23 heavy (non-hydrogen) atoms. The van der Waals surface area contributed by atoms with Crippen molar-refractivity contribution in [1.29, 1.82) is 0 Å². The van der Waals surface area contributed by atoms with E-state index in [0.29, 0.717) is 23.3 Å². The molecule has 2 aromatic rings. The normalized spacial score (nSPS) is 16.9. The number of carbonyl (C=O) groups is 1. The van der Waals surface area contributed by atoms with Gasteiger partial charge >= 0.3 is 0 Å². The molecule has 3 heterocycles. The van der Waals surface area contributed by atoms with Gasteiger partial charge in [0.15, 0.2) is 0 Å². The van der Waals surface area contributed by atoms with Crippen molar-refractivity contribution in [3.63, 3.8) is 0 Å². The first kappa shape index (κ1) is 15.7. The van der Waals surface area contributed by atoms with E-state index in [4.69, 9.17) is 4.42 Å². The third-order valence-corrected chi connectivity index (χ3v) is 4.49. The maximum absolute atomic E-state index is 12.2. The molecule has 1 atom stereocenters. The van der Waals surface area contributed by atoms with Crippen molar-refractivity contribution in [2.24, 2.45) is 0 Å². The lowest BCUT2D eigenvalue weighted by molar-refractivity contribution is -0.131. The number of thioether (sulfide) groups is 1. The minimum absolute atomic E-state index is 0.170. The van der Waals surface area contributed by atoms with Gasteiger partial charge in [0.1, 0.15) is 0 Å². The maximum atomic E-state index is 12.2. The molecule has 7 heteroatoms. The largest absolute Gasteiger partial charge is 0.411 e. The van der Waals surface area contributed by atoms with Crippen LogP contribution in [0.4, 0.5) is 0 Å². The zero-order chi connectivity index (χ0) is 16.1. The highest BCUT2D eigenvalue weighted by Crippen LogP contribution is 2.23. The third kappa shape index (κ3) is 3.79. The fraction of sp³-hybridized carbons (Fsp3) is 0.375. The molecule has 1 unspecified atom stereocenters. The van der Waals surface area contributed by atoms with Crippen LogP contribution in [-0.4, -0.2) is 44.3 Å². The maximum Gasteiger partial charge on any atom is 0.276 e. The quantitative estimate of drug-likeness (QED) is 0.599. The highest BCUT2D eigenvalue weighted by Gasteiger charge is 2.22. The monoisotopic (exact) mass is 330 g/mol.